The number of aryl methyl sites for hydroxylation is 1. The third kappa shape index (κ3) is 5.44. The summed E-state index contributed by atoms with van der Waals surface area (Å²) in [5.41, 5.74) is 3.73. The minimum atomic E-state index is -0.303. The van der Waals surface area contributed by atoms with E-state index in [9.17, 15) is 9.59 Å². The van der Waals surface area contributed by atoms with Crippen LogP contribution in [0.5, 0.6) is 0 Å². The first-order valence-electron chi connectivity index (χ1n) is 8.56. The van der Waals surface area contributed by atoms with Crippen molar-refractivity contribution in [1.29, 1.82) is 0 Å². The normalized spacial score (nSPS) is 10.7. The maximum Gasteiger partial charge on any atom is 0.291 e. The van der Waals surface area contributed by atoms with Crippen molar-refractivity contribution in [3.63, 3.8) is 0 Å². The van der Waals surface area contributed by atoms with Gasteiger partial charge in [-0.3, -0.25) is 9.59 Å². The van der Waals surface area contributed by atoms with Gasteiger partial charge in [-0.05, 0) is 48.4 Å². The maximum absolute atomic E-state index is 12.0. The molecule has 3 rings (SSSR count). The number of carbonyl (C=O) groups excluding carboxylic acids is 2. The summed E-state index contributed by atoms with van der Waals surface area (Å²) >= 11 is 0. The number of hydrogen-bond acceptors (Lipinski definition) is 3. The van der Waals surface area contributed by atoms with E-state index < -0.39 is 0 Å². The lowest BCUT2D eigenvalue weighted by atomic mass is 10.1. The Hall–Kier alpha value is -3.60. The Labute approximate surface area is 157 Å². The first kappa shape index (κ1) is 18.2. The SMILES string of the molecule is Cc1cccc(/C=C/C(=O)NCc2ccc(NC(=O)c3ccco3)cc2)c1. The number of anilines is 1. The second kappa shape index (κ2) is 8.67. The monoisotopic (exact) mass is 360 g/mol. The third-order valence-corrected chi connectivity index (χ3v) is 3.89. The van der Waals surface area contributed by atoms with Crippen molar-refractivity contribution in [2.45, 2.75) is 13.5 Å². The topological polar surface area (TPSA) is 71.3 Å². The highest BCUT2D eigenvalue weighted by atomic mass is 16.3. The van der Waals surface area contributed by atoms with Crippen molar-refractivity contribution in [3.8, 4) is 0 Å². The van der Waals surface area contributed by atoms with Gasteiger partial charge in [-0.1, -0.05) is 42.0 Å². The standard InChI is InChI=1S/C22H20N2O3/c1-16-4-2-5-17(14-16)9-12-21(25)23-15-18-7-10-19(11-8-18)24-22(26)20-6-3-13-27-20/h2-14H,15H2,1H3,(H,23,25)(H,24,26)/b12-9+. The van der Waals surface area contributed by atoms with Crippen LogP contribution in [-0.4, -0.2) is 11.8 Å². The average Bonchev–Trinajstić information content (AvgIpc) is 3.21. The molecule has 0 aliphatic rings. The largest absolute Gasteiger partial charge is 0.459 e. The summed E-state index contributed by atoms with van der Waals surface area (Å²) in [7, 11) is 0. The Balaban J connectivity index is 1.49. The van der Waals surface area contributed by atoms with Crippen molar-refractivity contribution in [2.75, 3.05) is 5.32 Å². The molecule has 0 spiro atoms. The molecule has 2 amide bonds. The summed E-state index contributed by atoms with van der Waals surface area (Å²) in [6, 6.07) is 18.5. The molecule has 0 fully saturated rings. The fraction of sp³-hybridized carbons (Fsp3) is 0.0909. The molecule has 1 heterocycles. The van der Waals surface area contributed by atoms with Crippen molar-refractivity contribution in [3.05, 3.63) is 95.5 Å². The highest BCUT2D eigenvalue weighted by molar-refractivity contribution is 6.02. The maximum atomic E-state index is 12.0. The summed E-state index contributed by atoms with van der Waals surface area (Å²) < 4.78 is 5.05. The summed E-state index contributed by atoms with van der Waals surface area (Å²) in [6.45, 7) is 2.42. The Morgan fingerprint density at radius 2 is 1.85 bits per heavy atom. The zero-order valence-corrected chi connectivity index (χ0v) is 14.9. The van der Waals surface area contributed by atoms with Gasteiger partial charge in [0.1, 0.15) is 0 Å². The van der Waals surface area contributed by atoms with E-state index in [1.165, 1.54) is 12.3 Å². The molecule has 1 aromatic heterocycles. The van der Waals surface area contributed by atoms with Crippen molar-refractivity contribution < 1.29 is 14.0 Å². The predicted molar refractivity (Wildman–Crippen MR) is 105 cm³/mol. The van der Waals surface area contributed by atoms with Crippen LogP contribution in [0.1, 0.15) is 27.2 Å². The van der Waals surface area contributed by atoms with Crippen LogP contribution in [0.15, 0.2) is 77.4 Å². The van der Waals surface area contributed by atoms with Crippen LogP contribution in [0.4, 0.5) is 5.69 Å². The lowest BCUT2D eigenvalue weighted by Crippen LogP contribution is -2.20. The van der Waals surface area contributed by atoms with Gasteiger partial charge < -0.3 is 15.1 Å². The zero-order chi connectivity index (χ0) is 19.1. The van der Waals surface area contributed by atoms with Gasteiger partial charge in [-0.2, -0.15) is 0 Å². The molecule has 0 atom stereocenters. The summed E-state index contributed by atoms with van der Waals surface area (Å²) in [6.07, 6.45) is 4.76. The van der Waals surface area contributed by atoms with Gasteiger partial charge in [-0.15, -0.1) is 0 Å². The molecule has 27 heavy (non-hydrogen) atoms. The number of furan rings is 1. The quantitative estimate of drug-likeness (QED) is 0.648. The molecule has 5 heteroatoms. The summed E-state index contributed by atoms with van der Waals surface area (Å²) in [4.78, 5) is 23.9. The summed E-state index contributed by atoms with van der Waals surface area (Å²) in [5.74, 6) is -0.208. The van der Waals surface area contributed by atoms with Crippen molar-refractivity contribution in [2.24, 2.45) is 0 Å². The zero-order valence-electron chi connectivity index (χ0n) is 14.9. The Morgan fingerprint density at radius 1 is 1.04 bits per heavy atom. The molecule has 0 saturated carbocycles. The molecule has 3 aromatic rings. The van der Waals surface area contributed by atoms with Gasteiger partial charge >= 0.3 is 0 Å². The van der Waals surface area contributed by atoms with E-state index >= 15 is 0 Å². The van der Waals surface area contributed by atoms with E-state index in [-0.39, 0.29) is 17.6 Å². The number of carbonyl (C=O) groups is 2. The highest BCUT2D eigenvalue weighted by Gasteiger charge is 2.08. The number of hydrogen-bond donors (Lipinski definition) is 2. The number of benzene rings is 2. The average molecular weight is 360 g/mol. The Kier molecular flexibility index (Phi) is 5.84. The molecule has 5 nitrogen and oxygen atoms in total. The first-order valence-corrected chi connectivity index (χ1v) is 8.56. The molecule has 2 aromatic carbocycles. The van der Waals surface area contributed by atoms with Crippen LogP contribution >= 0.6 is 0 Å². The van der Waals surface area contributed by atoms with E-state index in [0.29, 0.717) is 12.2 Å². The molecular formula is C22H20N2O3. The number of amides is 2. The molecule has 0 aliphatic heterocycles. The Bertz CT molecular complexity index is 942. The van der Waals surface area contributed by atoms with Gasteiger partial charge in [-0.25, -0.2) is 0 Å². The molecule has 2 N–H and O–H groups in total. The molecule has 0 aliphatic carbocycles. The Morgan fingerprint density at radius 3 is 2.56 bits per heavy atom. The first-order chi connectivity index (χ1) is 13.1. The number of nitrogens with one attached hydrogen (secondary N) is 2. The highest BCUT2D eigenvalue weighted by Crippen LogP contribution is 2.12. The molecule has 0 unspecified atom stereocenters. The fourth-order valence-corrected chi connectivity index (χ4v) is 2.50. The summed E-state index contributed by atoms with van der Waals surface area (Å²) in [5, 5.41) is 5.59. The molecule has 0 saturated heterocycles. The second-order valence-electron chi connectivity index (χ2n) is 6.09. The van der Waals surface area contributed by atoms with E-state index in [1.54, 1.807) is 30.3 Å². The van der Waals surface area contributed by atoms with Gasteiger partial charge in [0.15, 0.2) is 5.76 Å². The van der Waals surface area contributed by atoms with Crippen LogP contribution in [0.2, 0.25) is 0 Å². The van der Waals surface area contributed by atoms with Gasteiger partial charge in [0.2, 0.25) is 5.91 Å². The molecule has 0 bridgehead atoms. The predicted octanol–water partition coefficient (Wildman–Crippen LogP) is 4.17. The van der Waals surface area contributed by atoms with Crippen LogP contribution in [-0.2, 0) is 11.3 Å². The van der Waals surface area contributed by atoms with E-state index in [2.05, 4.69) is 10.6 Å². The van der Waals surface area contributed by atoms with E-state index in [4.69, 9.17) is 4.42 Å². The smallest absolute Gasteiger partial charge is 0.291 e. The number of rotatable bonds is 6. The van der Waals surface area contributed by atoms with Crippen LogP contribution in [0, 0.1) is 6.92 Å². The molecule has 0 radical (unpaired) electrons. The van der Waals surface area contributed by atoms with Gasteiger partial charge in [0.25, 0.3) is 5.91 Å². The minimum Gasteiger partial charge on any atom is -0.459 e. The van der Waals surface area contributed by atoms with Gasteiger partial charge in [0, 0.05) is 18.3 Å². The lowest BCUT2D eigenvalue weighted by Gasteiger charge is -2.06. The van der Waals surface area contributed by atoms with Gasteiger partial charge in [0.05, 0.1) is 6.26 Å². The van der Waals surface area contributed by atoms with Crippen LogP contribution in [0.3, 0.4) is 0 Å². The second-order valence-corrected chi connectivity index (χ2v) is 6.09. The minimum absolute atomic E-state index is 0.160. The van der Waals surface area contributed by atoms with Crippen molar-refractivity contribution >= 4 is 23.6 Å². The third-order valence-electron chi connectivity index (χ3n) is 3.89. The van der Waals surface area contributed by atoms with Crippen molar-refractivity contribution in [1.82, 2.24) is 5.32 Å². The fourth-order valence-electron chi connectivity index (χ4n) is 2.50. The molecule has 136 valence electrons. The van der Waals surface area contributed by atoms with E-state index in [0.717, 1.165) is 16.7 Å². The molecular weight excluding hydrogens is 340 g/mol. The van der Waals surface area contributed by atoms with Crippen LogP contribution in [0.25, 0.3) is 6.08 Å². The van der Waals surface area contributed by atoms with Crippen LogP contribution < -0.4 is 10.6 Å². The lowest BCUT2D eigenvalue weighted by molar-refractivity contribution is -0.116. The van der Waals surface area contributed by atoms with E-state index in [1.807, 2.05) is 43.3 Å².